The van der Waals surface area contributed by atoms with Crippen molar-refractivity contribution in [3.05, 3.63) is 90.0 Å². The number of carbonyl (C=O) groups excluding carboxylic acids is 1. The van der Waals surface area contributed by atoms with Crippen molar-refractivity contribution in [1.82, 2.24) is 9.62 Å². The van der Waals surface area contributed by atoms with E-state index in [2.05, 4.69) is 5.32 Å². The summed E-state index contributed by atoms with van der Waals surface area (Å²) in [4.78, 5) is 13.5. The SMILES string of the molecule is COc1ccc([C@@H]2CN(S(=O)(=O)c3ccccc3)C[C@H]2C(=O)NCc2ccccc2)c(OC)c1. The Hall–Kier alpha value is -3.36. The molecule has 3 aromatic rings. The molecule has 0 spiro atoms. The van der Waals surface area contributed by atoms with Crippen LogP contribution >= 0.6 is 0 Å². The maximum absolute atomic E-state index is 13.4. The van der Waals surface area contributed by atoms with Crippen LogP contribution in [0.2, 0.25) is 0 Å². The Morgan fingerprint density at radius 2 is 1.62 bits per heavy atom. The van der Waals surface area contributed by atoms with Crippen molar-refractivity contribution in [2.75, 3.05) is 27.3 Å². The molecule has 1 aliphatic heterocycles. The fourth-order valence-corrected chi connectivity index (χ4v) is 5.84. The minimum atomic E-state index is -3.76. The smallest absolute Gasteiger partial charge is 0.243 e. The number of amides is 1. The molecule has 1 saturated heterocycles. The zero-order valence-electron chi connectivity index (χ0n) is 19.2. The van der Waals surface area contributed by atoms with Gasteiger partial charge in [0.2, 0.25) is 15.9 Å². The molecule has 1 aliphatic rings. The van der Waals surface area contributed by atoms with Crippen molar-refractivity contribution in [3.63, 3.8) is 0 Å². The van der Waals surface area contributed by atoms with E-state index in [1.165, 1.54) is 4.31 Å². The number of methoxy groups -OCH3 is 2. The second-order valence-electron chi connectivity index (χ2n) is 8.16. The maximum atomic E-state index is 13.4. The highest BCUT2D eigenvalue weighted by Crippen LogP contribution is 2.41. The largest absolute Gasteiger partial charge is 0.497 e. The standard InChI is InChI=1S/C26H28N2O5S/c1-32-20-13-14-22(25(15-20)33-2)23-17-28(34(30,31)21-11-7-4-8-12-21)18-24(23)26(29)27-16-19-9-5-3-6-10-19/h3-15,23-24H,16-18H2,1-2H3,(H,27,29)/t23-,24+/m0/s1. The Morgan fingerprint density at radius 1 is 0.941 bits per heavy atom. The number of nitrogens with one attached hydrogen (secondary N) is 1. The number of hydrogen-bond donors (Lipinski definition) is 1. The summed E-state index contributed by atoms with van der Waals surface area (Å²) in [6.07, 6.45) is 0. The monoisotopic (exact) mass is 480 g/mol. The normalized spacial score (nSPS) is 18.4. The Bertz CT molecular complexity index is 1230. The number of rotatable bonds is 8. The van der Waals surface area contributed by atoms with Crippen LogP contribution in [0.4, 0.5) is 0 Å². The summed E-state index contributed by atoms with van der Waals surface area (Å²) in [6.45, 7) is 0.620. The van der Waals surface area contributed by atoms with E-state index in [0.29, 0.717) is 18.0 Å². The highest BCUT2D eigenvalue weighted by Gasteiger charge is 2.44. The van der Waals surface area contributed by atoms with Gasteiger partial charge in [-0.3, -0.25) is 4.79 Å². The van der Waals surface area contributed by atoms with Crippen LogP contribution in [0.25, 0.3) is 0 Å². The van der Waals surface area contributed by atoms with E-state index in [-0.39, 0.29) is 29.8 Å². The molecule has 0 aliphatic carbocycles. The van der Waals surface area contributed by atoms with Gasteiger partial charge in [-0.25, -0.2) is 8.42 Å². The van der Waals surface area contributed by atoms with E-state index in [9.17, 15) is 13.2 Å². The van der Waals surface area contributed by atoms with Gasteiger partial charge in [0.15, 0.2) is 0 Å². The summed E-state index contributed by atoms with van der Waals surface area (Å²) in [5.41, 5.74) is 1.75. The number of nitrogens with zero attached hydrogens (tertiary/aromatic N) is 1. The lowest BCUT2D eigenvalue weighted by atomic mass is 9.87. The molecule has 7 nitrogen and oxygen atoms in total. The van der Waals surface area contributed by atoms with E-state index in [4.69, 9.17) is 9.47 Å². The Morgan fingerprint density at radius 3 is 2.26 bits per heavy atom. The van der Waals surface area contributed by atoms with Crippen LogP contribution < -0.4 is 14.8 Å². The van der Waals surface area contributed by atoms with E-state index >= 15 is 0 Å². The molecule has 2 atom stereocenters. The van der Waals surface area contributed by atoms with Crippen molar-refractivity contribution >= 4 is 15.9 Å². The molecule has 4 rings (SSSR count). The number of sulfonamides is 1. The number of hydrogen-bond acceptors (Lipinski definition) is 5. The first kappa shape index (κ1) is 23.8. The zero-order valence-corrected chi connectivity index (χ0v) is 20.0. The first-order valence-electron chi connectivity index (χ1n) is 11.0. The summed E-state index contributed by atoms with van der Waals surface area (Å²) >= 11 is 0. The molecule has 0 aromatic heterocycles. The second-order valence-corrected chi connectivity index (χ2v) is 10.1. The van der Waals surface area contributed by atoms with Crippen LogP contribution in [-0.2, 0) is 21.4 Å². The molecule has 1 heterocycles. The molecule has 0 unspecified atom stereocenters. The predicted molar refractivity (Wildman–Crippen MR) is 129 cm³/mol. The molecule has 178 valence electrons. The molecule has 0 bridgehead atoms. The third-order valence-corrected chi connectivity index (χ3v) is 8.00. The van der Waals surface area contributed by atoms with Crippen LogP contribution in [0, 0.1) is 5.92 Å². The molecule has 34 heavy (non-hydrogen) atoms. The quantitative estimate of drug-likeness (QED) is 0.534. The fourth-order valence-electron chi connectivity index (χ4n) is 4.33. The minimum Gasteiger partial charge on any atom is -0.497 e. The third-order valence-electron chi connectivity index (χ3n) is 6.15. The molecule has 3 aromatic carbocycles. The molecule has 1 N–H and O–H groups in total. The van der Waals surface area contributed by atoms with Crippen LogP contribution in [0.15, 0.2) is 83.8 Å². The van der Waals surface area contributed by atoms with E-state index in [1.54, 1.807) is 56.7 Å². The lowest BCUT2D eigenvalue weighted by Crippen LogP contribution is -2.35. The van der Waals surface area contributed by atoms with Crippen molar-refractivity contribution in [1.29, 1.82) is 0 Å². The van der Waals surface area contributed by atoms with Gasteiger partial charge < -0.3 is 14.8 Å². The van der Waals surface area contributed by atoms with E-state index < -0.39 is 15.9 Å². The van der Waals surface area contributed by atoms with Crippen molar-refractivity contribution in [2.45, 2.75) is 17.4 Å². The van der Waals surface area contributed by atoms with Crippen LogP contribution in [-0.4, -0.2) is 45.9 Å². The Balaban J connectivity index is 1.65. The number of benzene rings is 3. The average Bonchev–Trinajstić information content (AvgIpc) is 3.34. The second kappa shape index (κ2) is 10.3. The number of carbonyl (C=O) groups is 1. The zero-order chi connectivity index (χ0) is 24.1. The van der Waals surface area contributed by atoms with Crippen LogP contribution in [0.5, 0.6) is 11.5 Å². The minimum absolute atomic E-state index is 0.0811. The van der Waals surface area contributed by atoms with E-state index in [1.807, 2.05) is 36.4 Å². The van der Waals surface area contributed by atoms with Gasteiger partial charge in [-0.2, -0.15) is 4.31 Å². The molecule has 8 heteroatoms. The summed E-state index contributed by atoms with van der Waals surface area (Å²) < 4.78 is 39.0. The van der Waals surface area contributed by atoms with Gasteiger partial charge in [-0.1, -0.05) is 54.6 Å². The summed E-state index contributed by atoms with van der Waals surface area (Å²) in [7, 11) is -0.638. The molecule has 0 radical (unpaired) electrons. The number of ether oxygens (including phenoxy) is 2. The molecule has 1 fully saturated rings. The van der Waals surface area contributed by atoms with Gasteiger partial charge in [0.1, 0.15) is 11.5 Å². The molecular weight excluding hydrogens is 452 g/mol. The Kier molecular flexibility index (Phi) is 7.19. The molecule has 1 amide bonds. The summed E-state index contributed by atoms with van der Waals surface area (Å²) in [5, 5.41) is 2.99. The lowest BCUT2D eigenvalue weighted by Gasteiger charge is -2.21. The van der Waals surface area contributed by atoms with Gasteiger partial charge >= 0.3 is 0 Å². The first-order valence-corrected chi connectivity index (χ1v) is 12.5. The van der Waals surface area contributed by atoms with Crippen molar-refractivity contribution in [2.24, 2.45) is 5.92 Å². The fraction of sp³-hybridized carbons (Fsp3) is 0.269. The summed E-state index contributed by atoms with van der Waals surface area (Å²) in [5.74, 6) is 0.0266. The summed E-state index contributed by atoms with van der Waals surface area (Å²) in [6, 6.07) is 23.3. The van der Waals surface area contributed by atoms with Gasteiger partial charge in [-0.05, 0) is 29.3 Å². The lowest BCUT2D eigenvalue weighted by molar-refractivity contribution is -0.125. The Labute approximate surface area is 200 Å². The van der Waals surface area contributed by atoms with Gasteiger partial charge in [0.25, 0.3) is 0 Å². The highest BCUT2D eigenvalue weighted by atomic mass is 32.2. The maximum Gasteiger partial charge on any atom is 0.243 e. The van der Waals surface area contributed by atoms with Gasteiger partial charge in [-0.15, -0.1) is 0 Å². The van der Waals surface area contributed by atoms with Crippen molar-refractivity contribution < 1.29 is 22.7 Å². The molecule has 0 saturated carbocycles. The first-order chi connectivity index (χ1) is 16.4. The topological polar surface area (TPSA) is 84.9 Å². The van der Waals surface area contributed by atoms with Crippen LogP contribution in [0.1, 0.15) is 17.0 Å². The predicted octanol–water partition coefficient (Wildman–Crippen LogP) is 3.42. The van der Waals surface area contributed by atoms with Gasteiger partial charge in [0.05, 0.1) is 25.0 Å². The van der Waals surface area contributed by atoms with E-state index in [0.717, 1.165) is 11.1 Å². The van der Waals surface area contributed by atoms with Crippen LogP contribution in [0.3, 0.4) is 0 Å². The highest BCUT2D eigenvalue weighted by molar-refractivity contribution is 7.89. The van der Waals surface area contributed by atoms with Crippen molar-refractivity contribution in [3.8, 4) is 11.5 Å². The third kappa shape index (κ3) is 4.93. The average molecular weight is 481 g/mol. The van der Waals surface area contributed by atoms with Gasteiger partial charge in [0, 0.05) is 31.6 Å². The molecular formula is C26H28N2O5S.